The van der Waals surface area contributed by atoms with Gasteiger partial charge in [0.05, 0.1) is 0 Å². The molecule has 2 N–H and O–H groups in total. The Labute approximate surface area is 79.2 Å². The lowest BCUT2D eigenvalue weighted by Crippen LogP contribution is -2.18. The summed E-state index contributed by atoms with van der Waals surface area (Å²) in [6.07, 6.45) is 4.89. The lowest BCUT2D eigenvalue weighted by Gasteiger charge is -2.12. The van der Waals surface area contributed by atoms with Crippen molar-refractivity contribution in [3.05, 3.63) is 12.2 Å². The first-order valence-corrected chi connectivity index (χ1v) is 4.80. The third kappa shape index (κ3) is 2.81. The van der Waals surface area contributed by atoms with E-state index in [4.69, 9.17) is 5.73 Å². The van der Waals surface area contributed by atoms with Gasteiger partial charge >= 0.3 is 0 Å². The minimum Gasteiger partial charge on any atom is -0.330 e. The van der Waals surface area contributed by atoms with Gasteiger partial charge in [-0.3, -0.25) is 4.68 Å². The van der Waals surface area contributed by atoms with E-state index in [2.05, 4.69) is 17.0 Å². The van der Waals surface area contributed by atoms with E-state index in [9.17, 15) is 0 Å². The summed E-state index contributed by atoms with van der Waals surface area (Å²) in [7, 11) is 1.92. The van der Waals surface area contributed by atoms with Crippen LogP contribution in [0.15, 0.2) is 6.33 Å². The molecule has 1 atom stereocenters. The number of aryl methyl sites for hydroxylation is 1. The zero-order chi connectivity index (χ0) is 9.68. The average Bonchev–Trinajstić information content (AvgIpc) is 2.51. The van der Waals surface area contributed by atoms with Gasteiger partial charge in [0, 0.05) is 13.5 Å². The van der Waals surface area contributed by atoms with E-state index in [-0.39, 0.29) is 0 Å². The number of nitrogens with two attached hydrogens (primary N) is 1. The van der Waals surface area contributed by atoms with Crippen LogP contribution in [0.5, 0.6) is 0 Å². The van der Waals surface area contributed by atoms with Gasteiger partial charge in [-0.25, -0.2) is 4.98 Å². The van der Waals surface area contributed by atoms with Crippen molar-refractivity contribution in [1.29, 1.82) is 0 Å². The van der Waals surface area contributed by atoms with Gasteiger partial charge < -0.3 is 5.73 Å². The van der Waals surface area contributed by atoms with Gasteiger partial charge in [0.1, 0.15) is 12.2 Å². The van der Waals surface area contributed by atoms with Gasteiger partial charge in [0.25, 0.3) is 0 Å². The highest BCUT2D eigenvalue weighted by Crippen LogP contribution is 2.10. The highest BCUT2D eigenvalue weighted by molar-refractivity contribution is 4.86. The zero-order valence-corrected chi connectivity index (χ0v) is 8.40. The van der Waals surface area contributed by atoms with Crippen molar-refractivity contribution in [3.8, 4) is 0 Å². The van der Waals surface area contributed by atoms with Gasteiger partial charge in [0.2, 0.25) is 0 Å². The Morgan fingerprint density at radius 3 is 2.85 bits per heavy atom. The molecule has 1 unspecified atom stereocenters. The molecule has 0 aliphatic rings. The van der Waals surface area contributed by atoms with E-state index in [0.29, 0.717) is 5.92 Å². The molecule has 4 heteroatoms. The van der Waals surface area contributed by atoms with E-state index in [1.165, 1.54) is 12.8 Å². The first kappa shape index (κ1) is 10.2. The van der Waals surface area contributed by atoms with Gasteiger partial charge in [-0.2, -0.15) is 5.10 Å². The predicted molar refractivity (Wildman–Crippen MR) is 52.2 cm³/mol. The monoisotopic (exact) mass is 182 g/mol. The second-order valence-electron chi connectivity index (χ2n) is 3.39. The molecule has 0 bridgehead atoms. The SMILES string of the molecule is CCCC(CN)Cc1ncnn1C. The molecule has 1 aromatic rings. The Balaban J connectivity index is 2.51. The third-order valence-electron chi connectivity index (χ3n) is 2.31. The summed E-state index contributed by atoms with van der Waals surface area (Å²) >= 11 is 0. The van der Waals surface area contributed by atoms with Crippen molar-refractivity contribution in [2.45, 2.75) is 26.2 Å². The molecular formula is C9H18N4. The molecule has 0 aliphatic heterocycles. The van der Waals surface area contributed by atoms with Crippen LogP contribution in [-0.4, -0.2) is 21.3 Å². The van der Waals surface area contributed by atoms with Crippen LogP contribution in [0.2, 0.25) is 0 Å². The van der Waals surface area contributed by atoms with E-state index in [1.54, 1.807) is 6.33 Å². The molecule has 0 aromatic carbocycles. The molecular weight excluding hydrogens is 164 g/mol. The topological polar surface area (TPSA) is 56.7 Å². The normalized spacial score (nSPS) is 13.2. The van der Waals surface area contributed by atoms with Gasteiger partial charge in [-0.1, -0.05) is 13.3 Å². The van der Waals surface area contributed by atoms with Crippen LogP contribution in [0.3, 0.4) is 0 Å². The van der Waals surface area contributed by atoms with Crippen LogP contribution in [0.25, 0.3) is 0 Å². The summed E-state index contributed by atoms with van der Waals surface area (Å²) < 4.78 is 1.82. The Morgan fingerprint density at radius 2 is 2.38 bits per heavy atom. The second-order valence-corrected chi connectivity index (χ2v) is 3.39. The minimum absolute atomic E-state index is 0.549. The molecule has 0 saturated heterocycles. The Kier molecular flexibility index (Phi) is 3.89. The maximum Gasteiger partial charge on any atom is 0.138 e. The highest BCUT2D eigenvalue weighted by Gasteiger charge is 2.09. The predicted octanol–water partition coefficient (Wildman–Crippen LogP) is 0.733. The molecule has 4 nitrogen and oxygen atoms in total. The smallest absolute Gasteiger partial charge is 0.138 e. The fourth-order valence-corrected chi connectivity index (χ4v) is 1.47. The molecule has 74 valence electrons. The summed E-state index contributed by atoms with van der Waals surface area (Å²) in [4.78, 5) is 4.18. The molecule has 0 fully saturated rings. The van der Waals surface area contributed by atoms with Crippen molar-refractivity contribution in [1.82, 2.24) is 14.8 Å². The number of rotatable bonds is 5. The van der Waals surface area contributed by atoms with Crippen LogP contribution in [0.1, 0.15) is 25.6 Å². The zero-order valence-electron chi connectivity index (χ0n) is 8.40. The average molecular weight is 182 g/mol. The van der Waals surface area contributed by atoms with Crippen LogP contribution >= 0.6 is 0 Å². The number of aromatic nitrogens is 3. The fraction of sp³-hybridized carbons (Fsp3) is 0.778. The lowest BCUT2D eigenvalue weighted by atomic mass is 10.00. The maximum atomic E-state index is 5.67. The molecule has 0 saturated carbocycles. The summed E-state index contributed by atoms with van der Waals surface area (Å²) in [5, 5.41) is 4.03. The van der Waals surface area contributed by atoms with Crippen molar-refractivity contribution in [2.24, 2.45) is 18.7 Å². The van der Waals surface area contributed by atoms with E-state index >= 15 is 0 Å². The molecule has 0 amide bonds. The summed E-state index contributed by atoms with van der Waals surface area (Å²) in [6, 6.07) is 0. The number of nitrogens with zero attached hydrogens (tertiary/aromatic N) is 3. The quantitative estimate of drug-likeness (QED) is 0.730. The number of hydrogen-bond acceptors (Lipinski definition) is 3. The third-order valence-corrected chi connectivity index (χ3v) is 2.31. The van der Waals surface area contributed by atoms with Gasteiger partial charge in [-0.15, -0.1) is 0 Å². The number of hydrogen-bond donors (Lipinski definition) is 1. The van der Waals surface area contributed by atoms with Crippen LogP contribution in [0.4, 0.5) is 0 Å². The van der Waals surface area contributed by atoms with Gasteiger partial charge in [0.15, 0.2) is 0 Å². The second kappa shape index (κ2) is 4.97. The fourth-order valence-electron chi connectivity index (χ4n) is 1.47. The molecule has 0 aliphatic carbocycles. The standard InChI is InChI=1S/C9H18N4/c1-3-4-8(6-10)5-9-11-7-12-13(9)2/h7-8H,3-6,10H2,1-2H3. The lowest BCUT2D eigenvalue weighted by molar-refractivity contribution is 0.466. The van der Waals surface area contributed by atoms with E-state index < -0.39 is 0 Å². The molecule has 13 heavy (non-hydrogen) atoms. The van der Waals surface area contributed by atoms with Crippen molar-refractivity contribution < 1.29 is 0 Å². The summed E-state index contributed by atoms with van der Waals surface area (Å²) in [6.45, 7) is 2.92. The van der Waals surface area contributed by atoms with Crippen LogP contribution < -0.4 is 5.73 Å². The Morgan fingerprint density at radius 1 is 1.62 bits per heavy atom. The first-order valence-electron chi connectivity index (χ1n) is 4.80. The maximum absolute atomic E-state index is 5.67. The largest absolute Gasteiger partial charge is 0.330 e. The summed E-state index contributed by atoms with van der Waals surface area (Å²) in [5.41, 5.74) is 5.67. The minimum atomic E-state index is 0.549. The molecule has 1 rings (SSSR count). The molecule has 0 spiro atoms. The van der Waals surface area contributed by atoms with Crippen molar-refractivity contribution >= 4 is 0 Å². The van der Waals surface area contributed by atoms with E-state index in [0.717, 1.165) is 18.8 Å². The molecule has 1 aromatic heterocycles. The molecule has 0 radical (unpaired) electrons. The Hall–Kier alpha value is -0.900. The molecule has 1 heterocycles. The van der Waals surface area contributed by atoms with E-state index in [1.807, 2.05) is 11.7 Å². The van der Waals surface area contributed by atoms with Crippen molar-refractivity contribution in [3.63, 3.8) is 0 Å². The van der Waals surface area contributed by atoms with Crippen molar-refractivity contribution in [2.75, 3.05) is 6.54 Å². The van der Waals surface area contributed by atoms with Crippen LogP contribution in [-0.2, 0) is 13.5 Å². The highest BCUT2D eigenvalue weighted by atomic mass is 15.3. The Bertz CT molecular complexity index is 244. The summed E-state index contributed by atoms with van der Waals surface area (Å²) in [5.74, 6) is 1.58. The van der Waals surface area contributed by atoms with Crippen LogP contribution in [0, 0.1) is 5.92 Å². The van der Waals surface area contributed by atoms with Gasteiger partial charge in [-0.05, 0) is 18.9 Å². The first-order chi connectivity index (χ1) is 6.27.